The van der Waals surface area contributed by atoms with Crippen molar-refractivity contribution in [1.82, 2.24) is 10.6 Å². The van der Waals surface area contributed by atoms with Crippen LogP contribution in [0.3, 0.4) is 0 Å². The van der Waals surface area contributed by atoms with Crippen LogP contribution in [0.5, 0.6) is 0 Å². The van der Waals surface area contributed by atoms with Gasteiger partial charge in [-0.15, -0.1) is 0 Å². The first-order chi connectivity index (χ1) is 19.8. The molecule has 0 aromatic carbocycles. The molecule has 43 heavy (non-hydrogen) atoms. The van der Waals surface area contributed by atoms with Crippen LogP contribution in [0, 0.1) is 5.92 Å². The molecule has 0 aliphatic heterocycles. The maximum Gasteiger partial charge on any atom is 0.303 e. The highest BCUT2D eigenvalue weighted by Gasteiger charge is 2.37. The number of nitrogens with two attached hydrogens (primary N) is 1. The number of methoxy groups -OCH3 is 1. The molecule has 0 aromatic rings. The average molecular weight is 620 g/mol. The van der Waals surface area contributed by atoms with Gasteiger partial charge in [-0.3, -0.25) is 14.9 Å². The van der Waals surface area contributed by atoms with E-state index in [4.69, 9.17) is 28.2 Å². The Hall–Kier alpha value is -1.20. The molecule has 0 aliphatic carbocycles. The lowest BCUT2D eigenvalue weighted by molar-refractivity contribution is -0.198. The average Bonchev–Trinajstić information content (AvgIpc) is 2.95. The van der Waals surface area contributed by atoms with Crippen LogP contribution in [0.15, 0.2) is 0 Å². The molecule has 252 valence electrons. The second-order valence-corrected chi connectivity index (χ2v) is 12.5. The van der Waals surface area contributed by atoms with Crippen molar-refractivity contribution in [2.24, 2.45) is 11.7 Å². The smallest absolute Gasteiger partial charge is 0.303 e. The van der Waals surface area contributed by atoms with Crippen LogP contribution in [0.4, 0.5) is 0 Å². The van der Waals surface area contributed by atoms with E-state index in [0.717, 1.165) is 0 Å². The summed E-state index contributed by atoms with van der Waals surface area (Å²) in [5.41, 5.74) is 3.40. The summed E-state index contributed by atoms with van der Waals surface area (Å²) in [7, 11) is 7.55. The Morgan fingerprint density at radius 2 is 1.58 bits per heavy atom. The lowest BCUT2D eigenvalue weighted by Gasteiger charge is -2.35. The van der Waals surface area contributed by atoms with Crippen molar-refractivity contribution < 1.29 is 49.3 Å². The Bertz CT molecular complexity index is 821. The Morgan fingerprint density at radius 3 is 2.09 bits per heavy atom. The van der Waals surface area contributed by atoms with Crippen LogP contribution >= 0.6 is 0 Å². The van der Waals surface area contributed by atoms with Gasteiger partial charge in [0.2, 0.25) is 0 Å². The fourth-order valence-electron chi connectivity index (χ4n) is 4.27. The van der Waals surface area contributed by atoms with E-state index in [0.29, 0.717) is 32.2 Å². The molecular weight excluding hydrogens is 561 g/mol. The van der Waals surface area contributed by atoms with E-state index in [9.17, 15) is 30.0 Å². The largest absolute Gasteiger partial charge is 0.481 e. The predicted molar refractivity (Wildman–Crippen MR) is 163 cm³/mol. The zero-order chi connectivity index (χ0) is 33.6. The number of nitrogens with one attached hydrogen (secondary N) is 2. The summed E-state index contributed by atoms with van der Waals surface area (Å²) in [6, 6.07) is -0.708. The molecule has 13 nitrogen and oxygen atoms in total. The molecule has 0 rings (SSSR count). The van der Waals surface area contributed by atoms with Crippen LogP contribution in [-0.2, 0) is 23.8 Å². The summed E-state index contributed by atoms with van der Waals surface area (Å²) < 4.78 is 16.4. The maximum atomic E-state index is 13.5. The second-order valence-electron chi connectivity index (χ2n) is 12.5. The Morgan fingerprint density at radius 1 is 0.977 bits per heavy atom. The minimum Gasteiger partial charge on any atom is -0.481 e. The van der Waals surface area contributed by atoms with Crippen LogP contribution in [0.2, 0.25) is 0 Å². The van der Waals surface area contributed by atoms with Gasteiger partial charge in [0.05, 0.1) is 36.1 Å². The summed E-state index contributed by atoms with van der Waals surface area (Å²) in [5, 5.41) is 55.3. The van der Waals surface area contributed by atoms with E-state index in [1.165, 1.54) is 7.11 Å². The molecule has 0 heterocycles. The van der Waals surface area contributed by atoms with Gasteiger partial charge in [0.15, 0.2) is 12.1 Å². The Balaban J connectivity index is 4.91. The van der Waals surface area contributed by atoms with Gasteiger partial charge in [0, 0.05) is 31.6 Å². The van der Waals surface area contributed by atoms with E-state index in [2.05, 4.69) is 15.4 Å². The number of carboxylic acids is 1. The first-order valence-corrected chi connectivity index (χ1v) is 15.1. The first kappa shape index (κ1) is 41.8. The van der Waals surface area contributed by atoms with E-state index in [-0.39, 0.29) is 31.8 Å². The SMILES string of the molecule is [B]C(C)(CCNC(C)(CC)C(=O)C(CCC(=O)O)NC(N)CC)OCCC(C)(C)OCC(C)C(O)C(O)C(O)C(O)OC. The van der Waals surface area contributed by atoms with Crippen molar-refractivity contribution in [3.63, 3.8) is 0 Å². The third-order valence-corrected chi connectivity index (χ3v) is 7.90. The van der Waals surface area contributed by atoms with Gasteiger partial charge in [-0.25, -0.2) is 0 Å². The van der Waals surface area contributed by atoms with Crippen molar-refractivity contribution in [3.05, 3.63) is 0 Å². The fraction of sp³-hybridized carbons (Fsp3) is 0.931. The number of hydrogen-bond donors (Lipinski definition) is 8. The second kappa shape index (κ2) is 19.3. The molecule has 0 fully saturated rings. The molecule has 9 atom stereocenters. The highest BCUT2D eigenvalue weighted by molar-refractivity contribution is 6.14. The number of aliphatic hydroxyl groups excluding tert-OH is 4. The van der Waals surface area contributed by atoms with Gasteiger partial charge in [-0.2, -0.15) is 0 Å². The number of carbonyl (C=O) groups is 2. The van der Waals surface area contributed by atoms with Crippen molar-refractivity contribution in [2.45, 2.75) is 140 Å². The number of rotatable bonds is 25. The van der Waals surface area contributed by atoms with E-state index >= 15 is 0 Å². The highest BCUT2D eigenvalue weighted by atomic mass is 16.6. The third kappa shape index (κ3) is 15.6. The number of carboxylic acid groups (broad SMARTS) is 1. The molecule has 14 heteroatoms. The Kier molecular flexibility index (Phi) is 18.8. The summed E-state index contributed by atoms with van der Waals surface area (Å²) >= 11 is 0. The zero-order valence-corrected chi connectivity index (χ0v) is 27.3. The number of hydrogen-bond acceptors (Lipinski definition) is 12. The number of carbonyl (C=O) groups excluding carboxylic acids is 1. The van der Waals surface area contributed by atoms with Gasteiger partial charge in [-0.1, -0.05) is 20.8 Å². The minimum atomic E-state index is -1.68. The van der Waals surface area contributed by atoms with Crippen LogP contribution in [0.1, 0.15) is 87.0 Å². The molecule has 0 spiro atoms. The number of aliphatic hydroxyl groups is 4. The molecule has 0 amide bonds. The van der Waals surface area contributed by atoms with Crippen molar-refractivity contribution >= 4 is 19.6 Å². The monoisotopic (exact) mass is 619 g/mol. The lowest BCUT2D eigenvalue weighted by atomic mass is 9.79. The van der Waals surface area contributed by atoms with Gasteiger partial charge in [0.25, 0.3) is 0 Å². The molecule has 0 bridgehead atoms. The molecule has 0 saturated heterocycles. The summed E-state index contributed by atoms with van der Waals surface area (Å²) in [6.45, 7) is 13.3. The van der Waals surface area contributed by atoms with Crippen LogP contribution in [0.25, 0.3) is 0 Å². The molecule has 0 aliphatic rings. The Labute approximate surface area is 258 Å². The molecule has 2 radical (unpaired) electrons. The lowest BCUT2D eigenvalue weighted by Crippen LogP contribution is -2.59. The zero-order valence-electron chi connectivity index (χ0n) is 27.3. The normalized spacial score (nSPS) is 20.2. The van der Waals surface area contributed by atoms with Gasteiger partial charge in [0.1, 0.15) is 20.1 Å². The predicted octanol–water partition coefficient (Wildman–Crippen LogP) is -0.00810. The number of ether oxygens (including phenoxy) is 3. The third-order valence-electron chi connectivity index (χ3n) is 7.90. The van der Waals surface area contributed by atoms with E-state index in [1.54, 1.807) is 20.8 Å². The molecule has 9 unspecified atom stereocenters. The highest BCUT2D eigenvalue weighted by Crippen LogP contribution is 2.22. The first-order valence-electron chi connectivity index (χ1n) is 15.1. The van der Waals surface area contributed by atoms with Crippen molar-refractivity contribution in [3.8, 4) is 0 Å². The minimum absolute atomic E-state index is 0.0694. The number of ketones is 1. The van der Waals surface area contributed by atoms with Gasteiger partial charge in [-0.05, 0) is 66.3 Å². The standard InChI is InChI=1S/C29H58BN3O10/c1-9-20(31)33-19(11-12-21(34)35)25(39)28(6,10-2)32-15-13-29(7,30)42-16-14-27(4,5)43-17-18(3)22(36)23(37)24(38)26(40)41-8/h18-20,22-24,26,32-33,36-38,40H,9-17,31H2,1-8H3,(H,34,35). The topological polar surface area (TPSA) is 213 Å². The summed E-state index contributed by atoms with van der Waals surface area (Å²) in [4.78, 5) is 24.6. The van der Waals surface area contributed by atoms with Gasteiger partial charge < -0.3 is 50.8 Å². The molecule has 0 aromatic heterocycles. The number of aliphatic carboxylic acids is 1. The summed E-state index contributed by atoms with van der Waals surface area (Å²) in [6.07, 6.45) is -4.85. The van der Waals surface area contributed by atoms with Crippen molar-refractivity contribution in [2.75, 3.05) is 26.9 Å². The van der Waals surface area contributed by atoms with E-state index < -0.39 is 65.3 Å². The van der Waals surface area contributed by atoms with Crippen LogP contribution < -0.4 is 16.4 Å². The number of Topliss-reactive ketones (excluding diaryl/α,β-unsaturated/α-hetero) is 1. The van der Waals surface area contributed by atoms with Crippen LogP contribution in [-0.4, -0.2) is 125 Å². The molecular formula is C29H58BN3O10. The van der Waals surface area contributed by atoms with Gasteiger partial charge >= 0.3 is 5.97 Å². The summed E-state index contributed by atoms with van der Waals surface area (Å²) in [5.74, 6) is -1.70. The van der Waals surface area contributed by atoms with Crippen molar-refractivity contribution in [1.29, 1.82) is 0 Å². The quantitative estimate of drug-likeness (QED) is 0.0500. The maximum absolute atomic E-state index is 13.5. The molecule has 0 saturated carbocycles. The van der Waals surface area contributed by atoms with E-state index in [1.807, 2.05) is 27.7 Å². The fourth-order valence-corrected chi connectivity index (χ4v) is 4.27. The molecule has 9 N–H and O–H groups in total.